The summed E-state index contributed by atoms with van der Waals surface area (Å²) in [5.74, 6) is -2.50. The van der Waals surface area contributed by atoms with Gasteiger partial charge in [-0.2, -0.15) is 0 Å². The van der Waals surface area contributed by atoms with Crippen molar-refractivity contribution < 1.29 is 18.7 Å². The number of rotatable bonds is 3. The Morgan fingerprint density at radius 1 is 1.20 bits per heavy atom. The lowest BCUT2D eigenvalue weighted by atomic mass is 9.83. The van der Waals surface area contributed by atoms with E-state index >= 15 is 0 Å². The molecule has 0 bridgehead atoms. The fourth-order valence-corrected chi connectivity index (χ4v) is 5.84. The van der Waals surface area contributed by atoms with Gasteiger partial charge >= 0.3 is 0 Å². The second-order valence-corrected chi connectivity index (χ2v) is 10.1. The fraction of sp³-hybridized carbons (Fsp3) is 0.391. The van der Waals surface area contributed by atoms with Gasteiger partial charge in [0.2, 0.25) is 5.43 Å². The summed E-state index contributed by atoms with van der Waals surface area (Å²) >= 11 is 1.06. The molecule has 1 saturated carbocycles. The number of hydrogen-bond donors (Lipinski definition) is 2. The maximum Gasteiger partial charge on any atom is 0.278 e. The van der Waals surface area contributed by atoms with Crippen LogP contribution in [-0.2, 0) is 6.42 Å². The van der Waals surface area contributed by atoms with E-state index < -0.39 is 34.4 Å². The molecule has 3 aromatic rings. The minimum Gasteiger partial charge on any atom is -0.502 e. The highest BCUT2D eigenvalue weighted by atomic mass is 32.1. The summed E-state index contributed by atoms with van der Waals surface area (Å²) in [7, 11) is 3.47. The third kappa shape index (κ3) is 3.67. The number of carbonyl (C=O) groups excluding carboxylic acids is 1. The van der Waals surface area contributed by atoms with Crippen LogP contribution in [0.5, 0.6) is 5.75 Å². The first kappa shape index (κ1) is 23.4. The van der Waals surface area contributed by atoms with Gasteiger partial charge in [0, 0.05) is 38.8 Å². The Labute approximate surface area is 203 Å². The number of benzene rings is 1. The predicted octanol–water partition coefficient (Wildman–Crippen LogP) is 2.19. The molecule has 1 aromatic carbocycles. The molecule has 12 heteroatoms. The number of nitrogens with two attached hydrogens (primary N) is 1. The summed E-state index contributed by atoms with van der Waals surface area (Å²) < 4.78 is 28.8. The van der Waals surface area contributed by atoms with E-state index in [1.54, 1.807) is 19.0 Å². The van der Waals surface area contributed by atoms with Crippen molar-refractivity contribution in [2.45, 2.75) is 43.8 Å². The Morgan fingerprint density at radius 3 is 2.60 bits per heavy atom. The molecule has 184 valence electrons. The minimum atomic E-state index is -0.747. The standard InChI is InChI=1S/C23H24F2N6O3S/c1-29-22(34)18-20(33)19(32)15(11-31(18)30(2)23(29)7-5-14(26)6-8-23)21-28-27-17(35-21)9-12-3-4-13(24)10-16(12)25/h3-4,10-11,14,33H,5-9,26H2,1-2H3. The van der Waals surface area contributed by atoms with Gasteiger partial charge in [0.1, 0.15) is 22.3 Å². The molecular formula is C23H24F2N6O3S. The summed E-state index contributed by atoms with van der Waals surface area (Å²) in [6.45, 7) is 0. The summed E-state index contributed by atoms with van der Waals surface area (Å²) in [4.78, 5) is 27.9. The zero-order valence-electron chi connectivity index (χ0n) is 19.2. The normalized spacial score (nSPS) is 22.1. The summed E-state index contributed by atoms with van der Waals surface area (Å²) in [6.07, 6.45) is 4.30. The van der Waals surface area contributed by atoms with Crippen molar-refractivity contribution in [1.29, 1.82) is 0 Å². The van der Waals surface area contributed by atoms with Crippen LogP contribution in [0.3, 0.4) is 0 Å². The Hall–Kier alpha value is -3.38. The average Bonchev–Trinajstić information content (AvgIpc) is 3.29. The molecule has 1 aliphatic heterocycles. The maximum absolute atomic E-state index is 14.1. The van der Waals surface area contributed by atoms with Gasteiger partial charge in [-0.1, -0.05) is 17.4 Å². The van der Waals surface area contributed by atoms with Gasteiger partial charge in [0.15, 0.2) is 16.5 Å². The van der Waals surface area contributed by atoms with Gasteiger partial charge in [0.05, 0.1) is 5.56 Å². The van der Waals surface area contributed by atoms with Gasteiger partial charge in [-0.25, -0.2) is 8.78 Å². The monoisotopic (exact) mass is 502 g/mol. The quantitative estimate of drug-likeness (QED) is 0.564. The highest BCUT2D eigenvalue weighted by molar-refractivity contribution is 7.14. The van der Waals surface area contributed by atoms with Crippen LogP contribution in [0, 0.1) is 11.6 Å². The first-order valence-electron chi connectivity index (χ1n) is 11.2. The molecule has 35 heavy (non-hydrogen) atoms. The van der Waals surface area contributed by atoms with E-state index in [4.69, 9.17) is 5.73 Å². The molecule has 0 saturated heterocycles. The Balaban J connectivity index is 1.55. The van der Waals surface area contributed by atoms with Crippen LogP contribution in [0.25, 0.3) is 10.6 Å². The third-order valence-corrected chi connectivity index (χ3v) is 8.06. The van der Waals surface area contributed by atoms with Gasteiger partial charge in [0.25, 0.3) is 5.91 Å². The number of aromatic hydroxyl groups is 1. The second kappa shape index (κ2) is 8.38. The molecule has 2 aromatic heterocycles. The van der Waals surface area contributed by atoms with Crippen molar-refractivity contribution in [3.05, 3.63) is 62.5 Å². The number of carbonyl (C=O) groups is 1. The molecule has 1 fully saturated rings. The molecule has 9 nitrogen and oxygen atoms in total. The predicted molar refractivity (Wildman–Crippen MR) is 126 cm³/mol. The molecular weight excluding hydrogens is 478 g/mol. The average molecular weight is 503 g/mol. The van der Waals surface area contributed by atoms with Crippen molar-refractivity contribution in [2.24, 2.45) is 5.73 Å². The molecule has 3 N–H and O–H groups in total. The van der Waals surface area contributed by atoms with Gasteiger partial charge in [-0.3, -0.25) is 19.3 Å². The van der Waals surface area contributed by atoms with Crippen molar-refractivity contribution >= 4 is 17.2 Å². The highest BCUT2D eigenvalue weighted by Gasteiger charge is 2.49. The molecule has 3 heterocycles. The molecule has 1 spiro atoms. The SMILES string of the molecule is CN1C(=O)c2c(O)c(=O)c(-c3nnc(Cc4ccc(F)cc4F)s3)cn2N(C)C12CCC(N)CC2. The van der Waals surface area contributed by atoms with E-state index in [1.807, 2.05) is 5.01 Å². The van der Waals surface area contributed by atoms with E-state index in [2.05, 4.69) is 10.2 Å². The number of halogens is 2. The van der Waals surface area contributed by atoms with E-state index in [1.165, 1.54) is 16.9 Å². The van der Waals surface area contributed by atoms with Crippen LogP contribution in [0.15, 0.2) is 29.2 Å². The Kier molecular flexibility index (Phi) is 5.59. The van der Waals surface area contributed by atoms with Gasteiger partial charge < -0.3 is 15.7 Å². The Morgan fingerprint density at radius 2 is 1.91 bits per heavy atom. The van der Waals surface area contributed by atoms with Crippen LogP contribution in [0.2, 0.25) is 0 Å². The number of hydrogen-bond acceptors (Lipinski definition) is 8. The van der Waals surface area contributed by atoms with E-state index in [0.29, 0.717) is 17.8 Å². The topological polar surface area (TPSA) is 118 Å². The lowest BCUT2D eigenvalue weighted by molar-refractivity contribution is 0.0220. The largest absolute Gasteiger partial charge is 0.502 e. The second-order valence-electron chi connectivity index (χ2n) is 9.03. The molecule has 0 atom stereocenters. The first-order valence-corrected chi connectivity index (χ1v) is 12.0. The summed E-state index contributed by atoms with van der Waals surface area (Å²) in [5, 5.41) is 21.4. The van der Waals surface area contributed by atoms with Crippen molar-refractivity contribution in [3.8, 4) is 16.3 Å². The zero-order chi connectivity index (χ0) is 25.1. The number of pyridine rings is 1. The number of fused-ring (bicyclic) bond motifs is 1. The maximum atomic E-state index is 14.1. The van der Waals surface area contributed by atoms with Crippen LogP contribution in [0.1, 0.15) is 46.7 Å². The smallest absolute Gasteiger partial charge is 0.278 e. The lowest BCUT2D eigenvalue weighted by Crippen LogP contribution is -2.69. The van der Waals surface area contributed by atoms with Crippen molar-refractivity contribution in [1.82, 2.24) is 19.8 Å². The number of nitrogens with zero attached hydrogens (tertiary/aromatic N) is 5. The van der Waals surface area contributed by atoms with Crippen molar-refractivity contribution in [2.75, 3.05) is 19.1 Å². The molecule has 5 rings (SSSR count). The Bertz CT molecular complexity index is 1380. The van der Waals surface area contributed by atoms with E-state index in [0.717, 1.165) is 36.3 Å². The molecule has 2 aliphatic rings. The number of aromatic nitrogens is 3. The fourth-order valence-electron chi connectivity index (χ4n) is 4.97. The summed E-state index contributed by atoms with van der Waals surface area (Å²) in [5.41, 5.74) is 4.89. The van der Waals surface area contributed by atoms with E-state index in [-0.39, 0.29) is 34.3 Å². The zero-order valence-corrected chi connectivity index (χ0v) is 20.0. The van der Waals surface area contributed by atoms with Crippen LogP contribution in [0.4, 0.5) is 8.78 Å². The molecule has 0 radical (unpaired) electrons. The summed E-state index contributed by atoms with van der Waals surface area (Å²) in [6, 6.07) is 3.34. The van der Waals surface area contributed by atoms with Crippen LogP contribution >= 0.6 is 11.3 Å². The van der Waals surface area contributed by atoms with Crippen LogP contribution < -0.4 is 16.2 Å². The van der Waals surface area contributed by atoms with E-state index in [9.17, 15) is 23.5 Å². The van der Waals surface area contributed by atoms with Crippen molar-refractivity contribution in [3.63, 3.8) is 0 Å². The lowest BCUT2D eigenvalue weighted by Gasteiger charge is -2.55. The third-order valence-electron chi connectivity index (χ3n) is 7.11. The van der Waals surface area contributed by atoms with Crippen LogP contribution in [-0.4, -0.2) is 56.6 Å². The minimum absolute atomic E-state index is 0.0580. The van der Waals surface area contributed by atoms with Gasteiger partial charge in [-0.05, 0) is 37.3 Å². The molecule has 0 unspecified atom stereocenters. The van der Waals surface area contributed by atoms with Gasteiger partial charge in [-0.15, -0.1) is 10.2 Å². The number of amides is 1. The highest BCUT2D eigenvalue weighted by Crippen LogP contribution is 2.39. The molecule has 1 amide bonds. The molecule has 1 aliphatic carbocycles. The first-order chi connectivity index (χ1) is 16.6.